The van der Waals surface area contributed by atoms with Crippen LogP contribution in [0.2, 0.25) is 0 Å². The predicted molar refractivity (Wildman–Crippen MR) is 78.2 cm³/mol. The lowest BCUT2D eigenvalue weighted by molar-refractivity contribution is 0.528. The van der Waals surface area contributed by atoms with Crippen LogP contribution in [0.25, 0.3) is 0 Å². The Morgan fingerprint density at radius 1 is 1.55 bits per heavy atom. The molecule has 2 aliphatic rings. The molecule has 1 fully saturated rings. The van der Waals surface area contributed by atoms with E-state index in [4.69, 9.17) is 5.73 Å². The first-order valence-electron chi connectivity index (χ1n) is 6.46. The molecule has 0 saturated heterocycles. The largest absolute Gasteiger partial charge is 0.388 e. The number of anilines is 1. The van der Waals surface area contributed by atoms with Crippen LogP contribution in [0.5, 0.6) is 0 Å². The Kier molecular flexibility index (Phi) is 2.97. The highest BCUT2D eigenvalue weighted by atomic mass is 32.2. The van der Waals surface area contributed by atoms with Crippen molar-refractivity contribution in [3.05, 3.63) is 29.6 Å². The first-order chi connectivity index (χ1) is 9.49. The molecule has 1 heterocycles. The Balaban J connectivity index is 2.11. The summed E-state index contributed by atoms with van der Waals surface area (Å²) in [6, 6.07) is 4.31. The summed E-state index contributed by atoms with van der Waals surface area (Å²) in [4.78, 5) is 4.39. The molecule has 1 spiro atoms. The molecular weight excluding hydrogens is 279 g/mol. The van der Waals surface area contributed by atoms with Crippen molar-refractivity contribution in [1.82, 2.24) is 4.31 Å². The lowest BCUT2D eigenvalue weighted by Crippen LogP contribution is -2.47. The predicted octanol–water partition coefficient (Wildman–Crippen LogP) is 1.36. The average molecular weight is 296 g/mol. The molecule has 3 N–H and O–H groups in total. The van der Waals surface area contributed by atoms with Crippen LogP contribution in [0, 0.1) is 5.82 Å². The minimum Gasteiger partial charge on any atom is -0.388 e. The van der Waals surface area contributed by atoms with Crippen LogP contribution in [-0.2, 0) is 11.0 Å². The minimum absolute atomic E-state index is 0.195. The summed E-state index contributed by atoms with van der Waals surface area (Å²) >= 11 is 0. The second-order valence-electron chi connectivity index (χ2n) is 5.19. The number of nitrogens with one attached hydrogen (secondary N) is 1. The first kappa shape index (κ1) is 13.4. The van der Waals surface area contributed by atoms with Crippen LogP contribution in [0.3, 0.4) is 0 Å². The highest BCUT2D eigenvalue weighted by molar-refractivity contribution is 7.85. The molecule has 1 aliphatic carbocycles. The van der Waals surface area contributed by atoms with Gasteiger partial charge in [0.1, 0.15) is 22.8 Å². The van der Waals surface area contributed by atoms with Crippen molar-refractivity contribution in [2.24, 2.45) is 10.7 Å². The van der Waals surface area contributed by atoms with E-state index in [1.165, 1.54) is 10.4 Å². The molecule has 1 aliphatic heterocycles. The van der Waals surface area contributed by atoms with Crippen LogP contribution >= 0.6 is 0 Å². The highest BCUT2D eigenvalue weighted by Gasteiger charge is 2.59. The molecule has 7 heteroatoms. The van der Waals surface area contributed by atoms with Gasteiger partial charge in [0.15, 0.2) is 0 Å². The van der Waals surface area contributed by atoms with Gasteiger partial charge in [-0.1, -0.05) is 0 Å². The Morgan fingerprint density at radius 3 is 2.85 bits per heavy atom. The smallest absolute Gasteiger partial charge is 0.203 e. The summed E-state index contributed by atoms with van der Waals surface area (Å²) in [6.45, 7) is 0. The first-order valence-corrected chi connectivity index (χ1v) is 7.56. The number of guanidine groups is 1. The van der Waals surface area contributed by atoms with Gasteiger partial charge in [0.05, 0.1) is 4.75 Å². The van der Waals surface area contributed by atoms with Gasteiger partial charge in [-0.05, 0) is 31.0 Å². The number of aliphatic imine (C=N–C) groups is 1. The molecule has 0 amide bonds. The number of rotatable bonds is 2. The van der Waals surface area contributed by atoms with E-state index < -0.39 is 21.8 Å². The summed E-state index contributed by atoms with van der Waals surface area (Å²) < 4.78 is 27.7. The van der Waals surface area contributed by atoms with Gasteiger partial charge in [0.2, 0.25) is 5.96 Å². The van der Waals surface area contributed by atoms with E-state index in [1.54, 1.807) is 26.2 Å². The Hall–Kier alpha value is -1.63. The second-order valence-corrected chi connectivity index (χ2v) is 7.05. The lowest BCUT2D eigenvalue weighted by Gasteiger charge is -2.34. The van der Waals surface area contributed by atoms with Gasteiger partial charge in [-0.2, -0.15) is 0 Å². The third-order valence-electron chi connectivity index (χ3n) is 4.00. The van der Waals surface area contributed by atoms with E-state index in [1.807, 2.05) is 0 Å². The van der Waals surface area contributed by atoms with Gasteiger partial charge in [0.25, 0.3) is 0 Å². The number of nitrogens with two attached hydrogens (primary N) is 1. The minimum atomic E-state index is -1.27. The normalized spacial score (nSPS) is 27.4. The number of nitrogens with zero attached hydrogens (tertiary/aromatic N) is 2. The van der Waals surface area contributed by atoms with Gasteiger partial charge in [-0.3, -0.25) is 4.31 Å². The zero-order valence-electron chi connectivity index (χ0n) is 11.4. The molecule has 3 rings (SSSR count). The van der Waals surface area contributed by atoms with E-state index in [0.717, 1.165) is 18.5 Å². The van der Waals surface area contributed by atoms with Gasteiger partial charge >= 0.3 is 0 Å². The fourth-order valence-electron chi connectivity index (χ4n) is 2.62. The fraction of sp³-hybridized carbons (Fsp3) is 0.462. The maximum atomic E-state index is 14.2. The number of halogens is 1. The molecule has 0 aromatic heterocycles. The Morgan fingerprint density at radius 2 is 2.25 bits per heavy atom. The lowest BCUT2D eigenvalue weighted by atomic mass is 10.0. The van der Waals surface area contributed by atoms with Crippen molar-refractivity contribution in [2.75, 3.05) is 19.4 Å². The van der Waals surface area contributed by atoms with Crippen molar-refractivity contribution >= 4 is 22.6 Å². The van der Waals surface area contributed by atoms with Crippen LogP contribution in [0.4, 0.5) is 10.1 Å². The Bertz CT molecular complexity index is 614. The van der Waals surface area contributed by atoms with E-state index in [9.17, 15) is 8.60 Å². The standard InChI is InChI=1S/C13H17FN4OS/c1-16-8-3-4-10(14)9(7-8)11-13(5-6-13)20(19)18(2)12(15)17-11/h3-4,7,11,16H,5-6H2,1-2H3,(H2,15,17). The van der Waals surface area contributed by atoms with Crippen molar-refractivity contribution in [1.29, 1.82) is 0 Å². The number of hydrogen-bond donors (Lipinski definition) is 2. The molecule has 0 bridgehead atoms. The second kappa shape index (κ2) is 4.44. The molecule has 1 aromatic rings. The molecule has 108 valence electrons. The number of hydrogen-bond acceptors (Lipinski definition) is 4. The SMILES string of the molecule is CNc1ccc(F)c(C2N=C(N)N(C)S(=O)C23CC3)c1. The maximum absolute atomic E-state index is 14.2. The zero-order chi connectivity index (χ0) is 14.5. The van der Waals surface area contributed by atoms with E-state index in [2.05, 4.69) is 10.3 Å². The molecule has 2 unspecified atom stereocenters. The van der Waals surface area contributed by atoms with Crippen molar-refractivity contribution in [3.63, 3.8) is 0 Å². The van der Waals surface area contributed by atoms with Crippen molar-refractivity contribution < 1.29 is 8.60 Å². The van der Waals surface area contributed by atoms with Gasteiger partial charge < -0.3 is 11.1 Å². The van der Waals surface area contributed by atoms with Crippen LogP contribution in [-0.4, -0.2) is 33.3 Å². The van der Waals surface area contributed by atoms with Crippen LogP contribution in [0.15, 0.2) is 23.2 Å². The zero-order valence-corrected chi connectivity index (χ0v) is 12.2. The van der Waals surface area contributed by atoms with E-state index >= 15 is 0 Å². The molecule has 5 nitrogen and oxygen atoms in total. The molecule has 2 atom stereocenters. The van der Waals surface area contributed by atoms with Crippen LogP contribution in [0.1, 0.15) is 24.4 Å². The van der Waals surface area contributed by atoms with Crippen molar-refractivity contribution in [2.45, 2.75) is 23.6 Å². The molecule has 1 aromatic carbocycles. The van der Waals surface area contributed by atoms with Gasteiger partial charge in [0, 0.05) is 25.3 Å². The van der Waals surface area contributed by atoms with E-state index in [-0.39, 0.29) is 11.8 Å². The quantitative estimate of drug-likeness (QED) is 0.866. The van der Waals surface area contributed by atoms with Gasteiger partial charge in [-0.25, -0.2) is 13.6 Å². The van der Waals surface area contributed by atoms with E-state index in [0.29, 0.717) is 5.56 Å². The molecule has 0 radical (unpaired) electrons. The Labute approximate surface area is 119 Å². The topological polar surface area (TPSA) is 70.7 Å². The monoisotopic (exact) mass is 296 g/mol. The molecule has 20 heavy (non-hydrogen) atoms. The average Bonchev–Trinajstić information content (AvgIpc) is 3.23. The third-order valence-corrected chi connectivity index (χ3v) is 6.01. The van der Waals surface area contributed by atoms with Crippen molar-refractivity contribution in [3.8, 4) is 0 Å². The summed E-state index contributed by atoms with van der Waals surface area (Å²) in [5.41, 5.74) is 7.07. The third kappa shape index (κ3) is 1.80. The number of benzene rings is 1. The molecule has 1 saturated carbocycles. The maximum Gasteiger partial charge on any atom is 0.203 e. The summed E-state index contributed by atoms with van der Waals surface area (Å²) in [6.07, 6.45) is 1.54. The highest BCUT2D eigenvalue weighted by Crippen LogP contribution is 2.55. The summed E-state index contributed by atoms with van der Waals surface area (Å²) in [7, 11) is 2.16. The van der Waals surface area contributed by atoms with Crippen LogP contribution < -0.4 is 11.1 Å². The summed E-state index contributed by atoms with van der Waals surface area (Å²) in [5.74, 6) is -0.140. The van der Waals surface area contributed by atoms with Gasteiger partial charge in [-0.15, -0.1) is 0 Å². The molecular formula is C13H17FN4OS. The fourth-order valence-corrected chi connectivity index (χ4v) is 4.20. The summed E-state index contributed by atoms with van der Waals surface area (Å²) in [5, 5.41) is 2.98.